The van der Waals surface area contributed by atoms with Crippen LogP contribution in [0.3, 0.4) is 0 Å². The number of piperidine rings is 2. The maximum Gasteiger partial charge on any atom is 0.256 e. The van der Waals surface area contributed by atoms with E-state index in [2.05, 4.69) is 41.2 Å². The Kier molecular flexibility index (Phi) is 8.03. The molecule has 2 aromatic carbocycles. The number of hydrogen-bond donors (Lipinski definition) is 2. The molecule has 7 heteroatoms. The summed E-state index contributed by atoms with van der Waals surface area (Å²) in [5.74, 6) is 1.11. The van der Waals surface area contributed by atoms with Crippen LogP contribution in [-0.2, 0) is 4.79 Å². The summed E-state index contributed by atoms with van der Waals surface area (Å²) >= 11 is 0. The summed E-state index contributed by atoms with van der Waals surface area (Å²) in [5, 5.41) is 4.26. The zero-order chi connectivity index (χ0) is 26.6. The van der Waals surface area contributed by atoms with Crippen LogP contribution in [0.4, 0.5) is 0 Å². The normalized spacial score (nSPS) is 18.6. The highest BCUT2D eigenvalue weighted by molar-refractivity contribution is 6.07. The Balaban J connectivity index is 1.11. The van der Waals surface area contributed by atoms with Crippen molar-refractivity contribution in [2.45, 2.75) is 57.5 Å². The highest BCUT2D eigenvalue weighted by Gasteiger charge is 2.32. The number of rotatable bonds is 7. The van der Waals surface area contributed by atoms with Crippen LogP contribution >= 0.6 is 0 Å². The first kappa shape index (κ1) is 26.3. The summed E-state index contributed by atoms with van der Waals surface area (Å²) in [6.07, 6.45) is 5.73. The standard InChI is InChI=1S/C31H40N4O3/c1-21(2)29(22-7-5-4-6-8-22)30(36)33-23-11-15-34(16-12-23)24-13-17-35(18-14-24)31(37)27-20-32-28-10-9-25(38-3)19-26(27)28/h4-10,19-21,23-24,29,32H,11-18H2,1-3H3,(H,33,36). The van der Waals surface area contributed by atoms with E-state index >= 15 is 0 Å². The monoisotopic (exact) mass is 516 g/mol. The Bertz CT molecular complexity index is 1240. The van der Waals surface area contributed by atoms with Gasteiger partial charge in [-0.05, 0) is 55.4 Å². The van der Waals surface area contributed by atoms with Crippen molar-refractivity contribution in [3.63, 3.8) is 0 Å². The van der Waals surface area contributed by atoms with Gasteiger partial charge in [0.1, 0.15) is 5.75 Å². The van der Waals surface area contributed by atoms with Crippen molar-refractivity contribution in [2.24, 2.45) is 5.92 Å². The van der Waals surface area contributed by atoms with Crippen LogP contribution in [0.15, 0.2) is 54.7 Å². The maximum absolute atomic E-state index is 13.3. The smallest absolute Gasteiger partial charge is 0.256 e. The highest BCUT2D eigenvalue weighted by Crippen LogP contribution is 2.28. The number of nitrogens with zero attached hydrogens (tertiary/aromatic N) is 2. The molecule has 3 aromatic rings. The highest BCUT2D eigenvalue weighted by atomic mass is 16.5. The summed E-state index contributed by atoms with van der Waals surface area (Å²) in [5.41, 5.74) is 2.75. The molecule has 2 amide bonds. The summed E-state index contributed by atoms with van der Waals surface area (Å²) in [6.45, 7) is 7.75. The van der Waals surface area contributed by atoms with Crippen LogP contribution in [0, 0.1) is 5.92 Å². The zero-order valence-corrected chi connectivity index (χ0v) is 22.8. The number of methoxy groups -OCH3 is 1. The zero-order valence-electron chi connectivity index (χ0n) is 22.8. The number of carbonyl (C=O) groups is 2. The van der Waals surface area contributed by atoms with E-state index in [1.54, 1.807) is 7.11 Å². The van der Waals surface area contributed by atoms with Crippen LogP contribution in [0.2, 0.25) is 0 Å². The SMILES string of the molecule is COc1ccc2[nH]cc(C(=O)N3CCC(N4CCC(NC(=O)C(c5ccccc5)C(C)C)CC4)CC3)c2c1. The largest absolute Gasteiger partial charge is 0.497 e. The van der Waals surface area contributed by atoms with Crippen molar-refractivity contribution in [1.82, 2.24) is 20.1 Å². The molecule has 0 spiro atoms. The second-order valence-electron chi connectivity index (χ2n) is 11.1. The van der Waals surface area contributed by atoms with Crippen molar-refractivity contribution >= 4 is 22.7 Å². The number of hydrogen-bond acceptors (Lipinski definition) is 4. The van der Waals surface area contributed by atoms with Gasteiger partial charge in [0.05, 0.1) is 18.6 Å². The molecule has 3 heterocycles. The Hall–Kier alpha value is -3.32. The van der Waals surface area contributed by atoms with Gasteiger partial charge in [-0.3, -0.25) is 9.59 Å². The molecule has 0 radical (unpaired) electrons. The molecule has 1 atom stereocenters. The summed E-state index contributed by atoms with van der Waals surface area (Å²) in [4.78, 5) is 34.3. The molecule has 5 rings (SSSR count). The number of aromatic amines is 1. The Labute approximate surface area is 225 Å². The van der Waals surface area contributed by atoms with E-state index in [1.165, 1.54) is 0 Å². The molecule has 1 aromatic heterocycles. The third-order valence-electron chi connectivity index (χ3n) is 8.37. The summed E-state index contributed by atoms with van der Waals surface area (Å²) < 4.78 is 5.36. The fourth-order valence-corrected chi connectivity index (χ4v) is 6.21. The second kappa shape index (κ2) is 11.6. The van der Waals surface area contributed by atoms with Gasteiger partial charge >= 0.3 is 0 Å². The number of nitrogens with one attached hydrogen (secondary N) is 2. The van der Waals surface area contributed by atoms with E-state index in [9.17, 15) is 9.59 Å². The van der Waals surface area contributed by atoms with Crippen LogP contribution < -0.4 is 10.1 Å². The van der Waals surface area contributed by atoms with Gasteiger partial charge in [-0.15, -0.1) is 0 Å². The molecule has 38 heavy (non-hydrogen) atoms. The number of likely N-dealkylation sites (tertiary alicyclic amines) is 2. The van der Waals surface area contributed by atoms with Crippen molar-refractivity contribution in [2.75, 3.05) is 33.3 Å². The van der Waals surface area contributed by atoms with Crippen LogP contribution in [0.1, 0.15) is 61.4 Å². The lowest BCUT2D eigenvalue weighted by molar-refractivity contribution is -0.124. The number of H-pyrrole nitrogens is 1. The molecule has 2 fully saturated rings. The Morgan fingerprint density at radius 3 is 2.34 bits per heavy atom. The van der Waals surface area contributed by atoms with Crippen molar-refractivity contribution in [3.8, 4) is 5.75 Å². The summed E-state index contributed by atoms with van der Waals surface area (Å²) in [7, 11) is 1.64. The van der Waals surface area contributed by atoms with Crippen LogP contribution in [-0.4, -0.2) is 72.0 Å². The van der Waals surface area contributed by atoms with Gasteiger partial charge in [0.2, 0.25) is 5.91 Å². The fraction of sp³-hybridized carbons (Fsp3) is 0.484. The lowest BCUT2D eigenvalue weighted by Gasteiger charge is -2.42. The van der Waals surface area contributed by atoms with Crippen LogP contribution in [0.5, 0.6) is 5.75 Å². The molecule has 202 valence electrons. The molecular weight excluding hydrogens is 476 g/mol. The molecule has 0 aliphatic carbocycles. The predicted molar refractivity (Wildman–Crippen MR) is 151 cm³/mol. The average Bonchev–Trinajstić information content (AvgIpc) is 3.37. The summed E-state index contributed by atoms with van der Waals surface area (Å²) in [6, 6.07) is 16.6. The third-order valence-corrected chi connectivity index (χ3v) is 8.37. The molecule has 2 aliphatic rings. The molecule has 0 saturated carbocycles. The maximum atomic E-state index is 13.3. The minimum absolute atomic E-state index is 0.0856. The Morgan fingerprint density at radius 2 is 1.68 bits per heavy atom. The van der Waals surface area contributed by atoms with Gasteiger partial charge in [-0.25, -0.2) is 0 Å². The average molecular weight is 517 g/mol. The van der Waals surface area contributed by atoms with Crippen molar-refractivity contribution < 1.29 is 14.3 Å². The first-order chi connectivity index (χ1) is 18.4. The lowest BCUT2D eigenvalue weighted by Crippen LogP contribution is -2.52. The third kappa shape index (κ3) is 5.58. The van der Waals surface area contributed by atoms with E-state index in [0.717, 1.165) is 74.1 Å². The number of amides is 2. The van der Waals surface area contributed by atoms with Gasteiger partial charge in [0.15, 0.2) is 0 Å². The number of benzene rings is 2. The minimum atomic E-state index is -0.116. The molecule has 0 bridgehead atoms. The second-order valence-corrected chi connectivity index (χ2v) is 11.1. The van der Waals surface area contributed by atoms with E-state index in [-0.39, 0.29) is 29.7 Å². The molecule has 2 N–H and O–H groups in total. The molecule has 2 aliphatic heterocycles. The molecule has 7 nitrogen and oxygen atoms in total. The topological polar surface area (TPSA) is 77.7 Å². The predicted octanol–water partition coefficient (Wildman–Crippen LogP) is 4.80. The lowest BCUT2D eigenvalue weighted by atomic mass is 9.87. The van der Waals surface area contributed by atoms with E-state index in [1.807, 2.05) is 47.5 Å². The molecule has 2 saturated heterocycles. The van der Waals surface area contributed by atoms with E-state index in [0.29, 0.717) is 11.6 Å². The quantitative estimate of drug-likeness (QED) is 0.473. The Morgan fingerprint density at radius 1 is 0.974 bits per heavy atom. The number of aromatic nitrogens is 1. The fourth-order valence-electron chi connectivity index (χ4n) is 6.21. The van der Waals surface area contributed by atoms with Gasteiger partial charge in [0, 0.05) is 55.4 Å². The van der Waals surface area contributed by atoms with Gasteiger partial charge in [0.25, 0.3) is 5.91 Å². The molecule has 1 unspecified atom stereocenters. The van der Waals surface area contributed by atoms with Gasteiger partial charge in [-0.2, -0.15) is 0 Å². The van der Waals surface area contributed by atoms with Crippen molar-refractivity contribution in [3.05, 3.63) is 65.9 Å². The van der Waals surface area contributed by atoms with Crippen molar-refractivity contribution in [1.29, 1.82) is 0 Å². The van der Waals surface area contributed by atoms with Gasteiger partial charge in [-0.1, -0.05) is 44.2 Å². The molecular formula is C31H40N4O3. The number of carbonyl (C=O) groups excluding carboxylic acids is 2. The van der Waals surface area contributed by atoms with Gasteiger partial charge < -0.3 is 24.8 Å². The first-order valence-electron chi connectivity index (χ1n) is 14.0. The minimum Gasteiger partial charge on any atom is -0.497 e. The van der Waals surface area contributed by atoms with E-state index in [4.69, 9.17) is 4.74 Å². The number of ether oxygens (including phenoxy) is 1. The van der Waals surface area contributed by atoms with Crippen LogP contribution in [0.25, 0.3) is 10.9 Å². The number of fused-ring (bicyclic) bond motifs is 1. The first-order valence-corrected chi connectivity index (χ1v) is 14.0. The van der Waals surface area contributed by atoms with E-state index < -0.39 is 0 Å².